The highest BCUT2D eigenvalue weighted by Gasteiger charge is 2.10. The Morgan fingerprint density at radius 3 is 2.83 bits per heavy atom. The van der Waals surface area contributed by atoms with Crippen molar-refractivity contribution in [2.24, 2.45) is 0 Å². The molecular weight excluding hydrogens is 194 g/mol. The first-order valence-electron chi connectivity index (χ1n) is 3.87. The van der Waals surface area contributed by atoms with Gasteiger partial charge in [0, 0.05) is 4.88 Å². The van der Waals surface area contributed by atoms with Crippen molar-refractivity contribution in [2.45, 2.75) is 13.0 Å². The van der Waals surface area contributed by atoms with Crippen molar-refractivity contribution in [3.63, 3.8) is 0 Å². The third-order valence-corrected chi connectivity index (χ3v) is 2.92. The van der Waals surface area contributed by atoms with Gasteiger partial charge in [-0.05, 0) is 18.7 Å². The van der Waals surface area contributed by atoms with Crippen LogP contribution < -0.4 is 5.32 Å². The fourth-order valence-electron chi connectivity index (χ4n) is 1.02. The molecular formula is C8H12ClNOS. The maximum Gasteiger partial charge on any atom is 0.0931 e. The lowest BCUT2D eigenvalue weighted by Gasteiger charge is -2.12. The SMILES string of the molecule is CCNC(CO)c1ccc(Cl)s1. The van der Waals surface area contributed by atoms with E-state index in [2.05, 4.69) is 5.32 Å². The number of nitrogens with one attached hydrogen (secondary N) is 1. The summed E-state index contributed by atoms with van der Waals surface area (Å²) in [6, 6.07) is 3.82. The predicted octanol–water partition coefficient (Wildman–Crippen LogP) is 2.04. The van der Waals surface area contributed by atoms with Gasteiger partial charge in [0.25, 0.3) is 0 Å². The van der Waals surface area contributed by atoms with Gasteiger partial charge in [0.15, 0.2) is 0 Å². The molecule has 0 aliphatic heterocycles. The van der Waals surface area contributed by atoms with Gasteiger partial charge in [0.1, 0.15) is 0 Å². The van der Waals surface area contributed by atoms with Crippen LogP contribution in [0.2, 0.25) is 4.34 Å². The molecule has 2 N–H and O–H groups in total. The minimum absolute atomic E-state index is 0.0347. The van der Waals surface area contributed by atoms with Crippen molar-refractivity contribution in [3.05, 3.63) is 21.3 Å². The smallest absolute Gasteiger partial charge is 0.0931 e. The topological polar surface area (TPSA) is 32.3 Å². The van der Waals surface area contributed by atoms with Gasteiger partial charge in [-0.2, -0.15) is 0 Å². The van der Waals surface area contributed by atoms with Crippen LogP contribution in [0.3, 0.4) is 0 Å². The summed E-state index contributed by atoms with van der Waals surface area (Å²) in [5, 5.41) is 12.2. The van der Waals surface area contributed by atoms with Gasteiger partial charge in [-0.25, -0.2) is 0 Å². The lowest BCUT2D eigenvalue weighted by Crippen LogP contribution is -2.22. The zero-order valence-electron chi connectivity index (χ0n) is 6.88. The molecule has 0 radical (unpaired) electrons. The average molecular weight is 206 g/mol. The summed E-state index contributed by atoms with van der Waals surface area (Å²) in [6.45, 7) is 2.98. The Bertz CT molecular complexity index is 239. The minimum Gasteiger partial charge on any atom is -0.394 e. The van der Waals surface area contributed by atoms with Crippen LogP contribution in [0.25, 0.3) is 0 Å². The molecule has 1 aromatic heterocycles. The van der Waals surface area contributed by atoms with E-state index in [9.17, 15) is 0 Å². The third kappa shape index (κ3) is 2.45. The molecule has 1 unspecified atom stereocenters. The summed E-state index contributed by atoms with van der Waals surface area (Å²) in [6.07, 6.45) is 0. The second-order valence-corrected chi connectivity index (χ2v) is 4.18. The zero-order chi connectivity index (χ0) is 8.97. The molecule has 1 rings (SSSR count). The van der Waals surface area contributed by atoms with E-state index >= 15 is 0 Å². The fraction of sp³-hybridized carbons (Fsp3) is 0.500. The van der Waals surface area contributed by atoms with Gasteiger partial charge in [0.2, 0.25) is 0 Å². The Morgan fingerprint density at radius 2 is 2.42 bits per heavy atom. The van der Waals surface area contributed by atoms with Gasteiger partial charge >= 0.3 is 0 Å². The fourth-order valence-corrected chi connectivity index (χ4v) is 2.14. The number of likely N-dealkylation sites (N-methyl/N-ethyl adjacent to an activating group) is 1. The molecule has 1 atom stereocenters. The number of aliphatic hydroxyl groups excluding tert-OH is 1. The number of thiophene rings is 1. The second-order valence-electron chi connectivity index (χ2n) is 2.43. The molecule has 0 saturated heterocycles. The summed E-state index contributed by atoms with van der Waals surface area (Å²) in [7, 11) is 0. The summed E-state index contributed by atoms with van der Waals surface area (Å²) in [5.41, 5.74) is 0. The molecule has 0 aromatic carbocycles. The summed E-state index contributed by atoms with van der Waals surface area (Å²) in [4.78, 5) is 1.09. The lowest BCUT2D eigenvalue weighted by molar-refractivity contribution is 0.248. The molecule has 0 aliphatic rings. The molecule has 0 aliphatic carbocycles. The molecule has 1 heterocycles. The maximum atomic E-state index is 9.02. The first-order chi connectivity index (χ1) is 5.77. The van der Waals surface area contributed by atoms with Crippen molar-refractivity contribution >= 4 is 22.9 Å². The summed E-state index contributed by atoms with van der Waals surface area (Å²) in [5.74, 6) is 0. The van der Waals surface area contributed by atoms with Crippen LogP contribution in [0.15, 0.2) is 12.1 Å². The second kappa shape index (κ2) is 4.82. The highest BCUT2D eigenvalue weighted by Crippen LogP contribution is 2.26. The first kappa shape index (κ1) is 9.99. The normalized spacial score (nSPS) is 13.2. The standard InChI is InChI=1S/C8H12ClNOS/c1-2-10-6(5-11)7-3-4-8(9)12-7/h3-4,6,10-11H,2,5H2,1H3. The van der Waals surface area contributed by atoms with E-state index in [4.69, 9.17) is 16.7 Å². The maximum absolute atomic E-state index is 9.02. The van der Waals surface area contributed by atoms with E-state index < -0.39 is 0 Å². The van der Waals surface area contributed by atoms with E-state index in [0.717, 1.165) is 15.8 Å². The third-order valence-electron chi connectivity index (χ3n) is 1.57. The largest absolute Gasteiger partial charge is 0.394 e. The molecule has 68 valence electrons. The molecule has 0 spiro atoms. The molecule has 4 heteroatoms. The number of halogens is 1. The highest BCUT2D eigenvalue weighted by atomic mass is 35.5. The minimum atomic E-state index is 0.0347. The Kier molecular flexibility index (Phi) is 4.01. The van der Waals surface area contributed by atoms with Crippen LogP contribution in [0.5, 0.6) is 0 Å². The Morgan fingerprint density at radius 1 is 1.67 bits per heavy atom. The van der Waals surface area contributed by atoms with Gasteiger partial charge in [-0.3, -0.25) is 0 Å². The van der Waals surface area contributed by atoms with Crippen LogP contribution in [-0.2, 0) is 0 Å². The number of hydrogen-bond donors (Lipinski definition) is 2. The van der Waals surface area contributed by atoms with Crippen LogP contribution in [-0.4, -0.2) is 18.3 Å². The average Bonchev–Trinajstić information content (AvgIpc) is 2.47. The molecule has 0 fully saturated rings. The molecule has 0 saturated carbocycles. The van der Waals surface area contributed by atoms with Crippen LogP contribution >= 0.6 is 22.9 Å². The van der Waals surface area contributed by atoms with E-state index in [0.29, 0.717) is 0 Å². The van der Waals surface area contributed by atoms with Gasteiger partial charge < -0.3 is 10.4 Å². The number of aliphatic hydroxyl groups is 1. The van der Waals surface area contributed by atoms with Gasteiger partial charge in [0.05, 0.1) is 17.0 Å². The Labute approximate surface area is 81.2 Å². The monoisotopic (exact) mass is 205 g/mol. The summed E-state index contributed by atoms with van der Waals surface area (Å²) < 4.78 is 0.765. The summed E-state index contributed by atoms with van der Waals surface area (Å²) >= 11 is 7.27. The van der Waals surface area contributed by atoms with Crippen molar-refractivity contribution in [2.75, 3.05) is 13.2 Å². The molecule has 0 bridgehead atoms. The number of hydrogen-bond acceptors (Lipinski definition) is 3. The molecule has 2 nitrogen and oxygen atoms in total. The zero-order valence-corrected chi connectivity index (χ0v) is 8.45. The van der Waals surface area contributed by atoms with Crippen molar-refractivity contribution in [3.8, 4) is 0 Å². The lowest BCUT2D eigenvalue weighted by atomic mass is 10.2. The first-order valence-corrected chi connectivity index (χ1v) is 5.06. The Balaban J connectivity index is 2.66. The predicted molar refractivity (Wildman–Crippen MR) is 52.8 cm³/mol. The molecule has 0 amide bonds. The van der Waals surface area contributed by atoms with E-state index in [1.807, 2.05) is 19.1 Å². The highest BCUT2D eigenvalue weighted by molar-refractivity contribution is 7.16. The van der Waals surface area contributed by atoms with Crippen LogP contribution in [0, 0.1) is 0 Å². The van der Waals surface area contributed by atoms with Crippen LogP contribution in [0.1, 0.15) is 17.8 Å². The number of rotatable bonds is 4. The Hall–Kier alpha value is -0.0900. The van der Waals surface area contributed by atoms with Crippen LogP contribution in [0.4, 0.5) is 0 Å². The van der Waals surface area contributed by atoms with Crippen molar-refractivity contribution in [1.82, 2.24) is 5.32 Å². The van der Waals surface area contributed by atoms with E-state index in [1.54, 1.807) is 0 Å². The van der Waals surface area contributed by atoms with E-state index in [-0.39, 0.29) is 12.6 Å². The molecule has 12 heavy (non-hydrogen) atoms. The van der Waals surface area contributed by atoms with E-state index in [1.165, 1.54) is 11.3 Å². The molecule has 1 aromatic rings. The quantitative estimate of drug-likeness (QED) is 0.789. The van der Waals surface area contributed by atoms with Gasteiger partial charge in [-0.15, -0.1) is 11.3 Å². The van der Waals surface area contributed by atoms with Crippen molar-refractivity contribution in [1.29, 1.82) is 0 Å². The van der Waals surface area contributed by atoms with Gasteiger partial charge in [-0.1, -0.05) is 18.5 Å². The van der Waals surface area contributed by atoms with Crippen molar-refractivity contribution < 1.29 is 5.11 Å².